The summed E-state index contributed by atoms with van der Waals surface area (Å²) in [6, 6.07) is 0. The van der Waals surface area contributed by atoms with E-state index in [-0.39, 0.29) is 12.3 Å². The summed E-state index contributed by atoms with van der Waals surface area (Å²) in [5, 5.41) is 10.2. The molecule has 0 atom stereocenters. The van der Waals surface area contributed by atoms with Gasteiger partial charge in [-0.1, -0.05) is 25.7 Å². The Labute approximate surface area is 92.1 Å². The van der Waals surface area contributed by atoms with Crippen LogP contribution in [0.4, 0.5) is 0 Å². The minimum absolute atomic E-state index is 0.0725. The predicted molar refractivity (Wildman–Crippen MR) is 60.1 cm³/mol. The van der Waals surface area contributed by atoms with Crippen molar-refractivity contribution in [1.82, 2.24) is 4.72 Å². The van der Waals surface area contributed by atoms with E-state index in [0.717, 1.165) is 25.7 Å². The molecular weight excluding hydrogens is 214 g/mol. The van der Waals surface area contributed by atoms with E-state index in [1.807, 2.05) is 0 Å². The average Bonchev–Trinajstić information content (AvgIpc) is 2.42. The second-order valence-corrected chi connectivity index (χ2v) is 6.46. The maximum absolute atomic E-state index is 11.2. The molecule has 1 aliphatic rings. The van der Waals surface area contributed by atoms with Crippen molar-refractivity contribution in [2.24, 2.45) is 0 Å². The highest BCUT2D eigenvalue weighted by atomic mass is 32.2. The lowest BCUT2D eigenvalue weighted by molar-refractivity contribution is 0.0303. The second-order valence-electron chi connectivity index (χ2n) is 4.36. The summed E-state index contributed by atoms with van der Waals surface area (Å²) in [4.78, 5) is 0. The van der Waals surface area contributed by atoms with E-state index in [9.17, 15) is 13.5 Å². The van der Waals surface area contributed by atoms with E-state index >= 15 is 0 Å². The van der Waals surface area contributed by atoms with Gasteiger partial charge in [0.1, 0.15) is 0 Å². The SMILES string of the molecule is CCS(=O)(=O)NCC1(O)CCCCCC1. The molecule has 0 aliphatic heterocycles. The number of aliphatic hydroxyl groups is 1. The van der Waals surface area contributed by atoms with Crippen LogP contribution in [0.1, 0.15) is 45.4 Å². The Bertz CT molecular complexity index is 279. The lowest BCUT2D eigenvalue weighted by Gasteiger charge is -2.26. The van der Waals surface area contributed by atoms with Crippen LogP contribution >= 0.6 is 0 Å². The Morgan fingerprint density at radius 2 is 1.73 bits per heavy atom. The lowest BCUT2D eigenvalue weighted by Crippen LogP contribution is -2.43. The predicted octanol–water partition coefficient (Wildman–Crippen LogP) is 1.01. The van der Waals surface area contributed by atoms with Gasteiger partial charge in [-0.3, -0.25) is 0 Å². The fraction of sp³-hybridized carbons (Fsp3) is 1.00. The zero-order chi connectivity index (χ0) is 11.4. The Hall–Kier alpha value is -0.130. The van der Waals surface area contributed by atoms with Crippen molar-refractivity contribution in [3.8, 4) is 0 Å². The minimum Gasteiger partial charge on any atom is -0.389 e. The van der Waals surface area contributed by atoms with Crippen LogP contribution in [0.2, 0.25) is 0 Å². The molecule has 1 saturated carbocycles. The van der Waals surface area contributed by atoms with Crippen molar-refractivity contribution < 1.29 is 13.5 Å². The smallest absolute Gasteiger partial charge is 0.211 e. The molecule has 1 rings (SSSR count). The summed E-state index contributed by atoms with van der Waals surface area (Å²) in [5.41, 5.74) is -0.821. The van der Waals surface area contributed by atoms with Crippen molar-refractivity contribution >= 4 is 10.0 Å². The zero-order valence-corrected chi connectivity index (χ0v) is 10.1. The Kier molecular flexibility index (Phi) is 4.55. The van der Waals surface area contributed by atoms with E-state index < -0.39 is 15.6 Å². The molecule has 0 aromatic rings. The standard InChI is InChI=1S/C10H21NO3S/c1-2-15(13,14)11-9-10(12)7-5-3-4-6-8-10/h11-12H,2-9H2,1H3. The highest BCUT2D eigenvalue weighted by molar-refractivity contribution is 7.89. The van der Waals surface area contributed by atoms with Crippen LogP contribution in [0.15, 0.2) is 0 Å². The minimum atomic E-state index is -3.18. The lowest BCUT2D eigenvalue weighted by atomic mass is 9.95. The first-order chi connectivity index (χ1) is 6.97. The average molecular weight is 235 g/mol. The van der Waals surface area contributed by atoms with E-state index in [4.69, 9.17) is 0 Å². The fourth-order valence-corrected chi connectivity index (χ4v) is 2.60. The van der Waals surface area contributed by atoms with Crippen molar-refractivity contribution in [2.45, 2.75) is 51.0 Å². The molecule has 0 heterocycles. The molecule has 5 heteroatoms. The van der Waals surface area contributed by atoms with Gasteiger partial charge in [-0.15, -0.1) is 0 Å². The highest BCUT2D eigenvalue weighted by Gasteiger charge is 2.28. The molecule has 4 nitrogen and oxygen atoms in total. The molecule has 1 aliphatic carbocycles. The molecule has 0 amide bonds. The van der Waals surface area contributed by atoms with Gasteiger partial charge >= 0.3 is 0 Å². The fourth-order valence-electron chi connectivity index (χ4n) is 1.91. The molecule has 2 N–H and O–H groups in total. The summed E-state index contributed by atoms with van der Waals surface area (Å²) in [7, 11) is -3.18. The van der Waals surface area contributed by atoms with Crippen molar-refractivity contribution in [2.75, 3.05) is 12.3 Å². The molecule has 90 valence electrons. The van der Waals surface area contributed by atoms with Gasteiger partial charge in [-0.25, -0.2) is 13.1 Å². The van der Waals surface area contributed by atoms with Gasteiger partial charge in [0.05, 0.1) is 11.4 Å². The first-order valence-electron chi connectivity index (χ1n) is 5.67. The largest absolute Gasteiger partial charge is 0.389 e. The summed E-state index contributed by atoms with van der Waals surface area (Å²) in [5.74, 6) is 0.0725. The van der Waals surface area contributed by atoms with Crippen LogP contribution in [0.3, 0.4) is 0 Å². The topological polar surface area (TPSA) is 66.4 Å². The molecule has 15 heavy (non-hydrogen) atoms. The number of hydrogen-bond donors (Lipinski definition) is 2. The monoisotopic (exact) mass is 235 g/mol. The van der Waals surface area contributed by atoms with Gasteiger partial charge in [0, 0.05) is 6.54 Å². The maximum atomic E-state index is 11.2. The number of hydrogen-bond acceptors (Lipinski definition) is 3. The quantitative estimate of drug-likeness (QED) is 0.715. The van der Waals surface area contributed by atoms with Gasteiger partial charge in [0.25, 0.3) is 0 Å². The maximum Gasteiger partial charge on any atom is 0.211 e. The van der Waals surface area contributed by atoms with Gasteiger partial charge in [0.15, 0.2) is 0 Å². The van der Waals surface area contributed by atoms with Crippen LogP contribution in [0, 0.1) is 0 Å². The van der Waals surface area contributed by atoms with Crippen LogP contribution < -0.4 is 4.72 Å². The first kappa shape index (κ1) is 12.9. The molecular formula is C10H21NO3S. The van der Waals surface area contributed by atoms with Crippen LogP contribution in [-0.2, 0) is 10.0 Å². The van der Waals surface area contributed by atoms with Crippen molar-refractivity contribution in [3.63, 3.8) is 0 Å². The molecule has 1 fully saturated rings. The summed E-state index contributed by atoms with van der Waals surface area (Å²) in [6.07, 6.45) is 5.68. The van der Waals surface area contributed by atoms with E-state index in [1.165, 1.54) is 0 Å². The molecule has 0 aromatic heterocycles. The number of sulfonamides is 1. The van der Waals surface area contributed by atoms with E-state index in [1.54, 1.807) is 6.92 Å². The third-order valence-electron chi connectivity index (χ3n) is 3.04. The summed E-state index contributed by atoms with van der Waals surface area (Å²) in [6.45, 7) is 1.77. The van der Waals surface area contributed by atoms with Crippen LogP contribution in [0.5, 0.6) is 0 Å². The molecule has 0 saturated heterocycles. The summed E-state index contributed by atoms with van der Waals surface area (Å²) < 4.78 is 25.0. The molecule has 0 radical (unpaired) electrons. The van der Waals surface area contributed by atoms with Gasteiger partial charge in [-0.2, -0.15) is 0 Å². The Balaban J connectivity index is 2.48. The normalized spacial score (nSPS) is 22.3. The molecule has 0 bridgehead atoms. The second kappa shape index (κ2) is 5.27. The summed E-state index contributed by atoms with van der Waals surface area (Å²) >= 11 is 0. The van der Waals surface area contributed by atoms with Crippen LogP contribution in [-0.4, -0.2) is 31.4 Å². The van der Waals surface area contributed by atoms with Gasteiger partial charge in [-0.05, 0) is 19.8 Å². The van der Waals surface area contributed by atoms with Crippen molar-refractivity contribution in [1.29, 1.82) is 0 Å². The third kappa shape index (κ3) is 4.49. The third-order valence-corrected chi connectivity index (χ3v) is 4.38. The zero-order valence-electron chi connectivity index (χ0n) is 9.33. The van der Waals surface area contributed by atoms with Gasteiger partial charge < -0.3 is 5.11 Å². The van der Waals surface area contributed by atoms with E-state index in [0.29, 0.717) is 12.8 Å². The van der Waals surface area contributed by atoms with Gasteiger partial charge in [0.2, 0.25) is 10.0 Å². The Morgan fingerprint density at radius 3 is 2.20 bits per heavy atom. The number of rotatable bonds is 4. The van der Waals surface area contributed by atoms with Crippen LogP contribution in [0.25, 0.3) is 0 Å². The first-order valence-corrected chi connectivity index (χ1v) is 7.32. The Morgan fingerprint density at radius 1 is 1.20 bits per heavy atom. The van der Waals surface area contributed by atoms with E-state index in [2.05, 4.69) is 4.72 Å². The molecule has 0 aromatic carbocycles. The highest BCUT2D eigenvalue weighted by Crippen LogP contribution is 2.26. The molecule has 0 unspecified atom stereocenters. The van der Waals surface area contributed by atoms with Crippen molar-refractivity contribution in [3.05, 3.63) is 0 Å². The molecule has 0 spiro atoms. The number of nitrogens with one attached hydrogen (secondary N) is 1.